The van der Waals surface area contributed by atoms with E-state index in [2.05, 4.69) is 19.9 Å². The van der Waals surface area contributed by atoms with Gasteiger partial charge in [-0.3, -0.25) is 0 Å². The lowest BCUT2D eigenvalue weighted by Gasteiger charge is -2.39. The molecule has 156 valence electrons. The number of H-pyrrole nitrogens is 1. The maximum Gasteiger partial charge on any atom is 0.333 e. The minimum Gasteiger partial charge on any atom is -0.478 e. The average Bonchev–Trinajstić information content (AvgIpc) is 3.34. The maximum absolute atomic E-state index is 14.8. The highest BCUT2D eigenvalue weighted by Crippen LogP contribution is 2.48. The number of aromatic nitrogens is 5. The van der Waals surface area contributed by atoms with E-state index >= 15 is 0 Å². The first-order valence-corrected chi connectivity index (χ1v) is 10.5. The van der Waals surface area contributed by atoms with Gasteiger partial charge in [0.2, 0.25) is 0 Å². The Hall–Kier alpha value is -3.26. The molecule has 31 heavy (non-hydrogen) atoms. The predicted molar refractivity (Wildman–Crippen MR) is 114 cm³/mol. The quantitative estimate of drug-likeness (QED) is 0.476. The van der Waals surface area contributed by atoms with Crippen LogP contribution in [-0.2, 0) is 4.79 Å². The van der Waals surface area contributed by atoms with Gasteiger partial charge >= 0.3 is 5.97 Å². The van der Waals surface area contributed by atoms with Crippen LogP contribution in [0.3, 0.4) is 0 Å². The van der Waals surface area contributed by atoms with Crippen molar-refractivity contribution in [3.05, 3.63) is 47.3 Å². The maximum atomic E-state index is 14.8. The van der Waals surface area contributed by atoms with Crippen molar-refractivity contribution >= 4 is 45.3 Å². The second kappa shape index (κ2) is 6.62. The molecule has 3 aliphatic rings. The molecule has 0 saturated heterocycles. The van der Waals surface area contributed by atoms with E-state index in [4.69, 9.17) is 11.6 Å². The Kier molecular flexibility index (Phi) is 3.95. The first kappa shape index (κ1) is 18.5. The molecule has 0 atom stereocenters. The number of carboxylic acid groups (broad SMARTS) is 1. The summed E-state index contributed by atoms with van der Waals surface area (Å²) in [6, 6.07) is 1.77. The number of carbonyl (C=O) groups is 1. The van der Waals surface area contributed by atoms with Crippen LogP contribution in [-0.4, -0.2) is 35.6 Å². The van der Waals surface area contributed by atoms with Crippen molar-refractivity contribution in [2.24, 2.45) is 11.8 Å². The summed E-state index contributed by atoms with van der Waals surface area (Å²) in [6.45, 7) is 0. The first-order chi connectivity index (χ1) is 15.0. The highest BCUT2D eigenvalue weighted by molar-refractivity contribution is 6.31. The van der Waals surface area contributed by atoms with Crippen LogP contribution in [0, 0.1) is 17.7 Å². The molecule has 0 amide bonds. The predicted octanol–water partition coefficient (Wildman–Crippen LogP) is 4.88. The number of hydrogen-bond acceptors (Lipinski definition) is 4. The standard InChI is InChI=1S/C22H17ClFN5O2/c23-12-5-13-14(7-26-19(13)25-6-12)20-27-8-15-16(24)9-29(21(15)28-20)18-11-3-1-10(2-4-11)17(18)22(30)31/h5-11H,1-4H2,(H,25,26)(H,30,31). The van der Waals surface area contributed by atoms with E-state index in [9.17, 15) is 14.3 Å². The fraction of sp³-hybridized carbons (Fsp3) is 0.273. The van der Waals surface area contributed by atoms with Crippen LogP contribution in [0.25, 0.3) is 39.2 Å². The van der Waals surface area contributed by atoms with Crippen molar-refractivity contribution in [2.45, 2.75) is 25.7 Å². The number of carboxylic acids is 1. The molecule has 1 saturated carbocycles. The van der Waals surface area contributed by atoms with Crippen LogP contribution in [0.2, 0.25) is 5.02 Å². The van der Waals surface area contributed by atoms with Gasteiger partial charge in [0.15, 0.2) is 17.3 Å². The van der Waals surface area contributed by atoms with Crippen LogP contribution in [0.1, 0.15) is 25.7 Å². The molecular formula is C22H17ClFN5O2. The molecule has 0 unspecified atom stereocenters. The fourth-order valence-electron chi connectivity index (χ4n) is 5.14. The molecule has 7 rings (SSSR count). The Morgan fingerprint density at radius 3 is 2.71 bits per heavy atom. The van der Waals surface area contributed by atoms with E-state index in [1.165, 1.54) is 12.4 Å². The van der Waals surface area contributed by atoms with E-state index < -0.39 is 11.8 Å². The van der Waals surface area contributed by atoms with E-state index in [-0.39, 0.29) is 17.2 Å². The largest absolute Gasteiger partial charge is 0.478 e. The number of rotatable bonds is 3. The van der Waals surface area contributed by atoms with Crippen LogP contribution in [0.4, 0.5) is 4.39 Å². The molecule has 0 aromatic carbocycles. The smallest absolute Gasteiger partial charge is 0.333 e. The summed E-state index contributed by atoms with van der Waals surface area (Å²) in [6.07, 6.45) is 9.61. The summed E-state index contributed by atoms with van der Waals surface area (Å²) in [7, 11) is 0. The summed E-state index contributed by atoms with van der Waals surface area (Å²) in [4.78, 5) is 28.4. The molecule has 2 bridgehead atoms. The zero-order valence-electron chi connectivity index (χ0n) is 16.3. The highest BCUT2D eigenvalue weighted by atomic mass is 35.5. The molecule has 3 aliphatic carbocycles. The van der Waals surface area contributed by atoms with Gasteiger partial charge in [0.25, 0.3) is 0 Å². The first-order valence-electron chi connectivity index (χ1n) is 10.2. The SMILES string of the molecule is O=C(O)C1=C(n2cc(F)c3cnc(-c4c[nH]c5ncc(Cl)cc45)nc32)C2CCC1CC2. The summed E-state index contributed by atoms with van der Waals surface area (Å²) in [5.74, 6) is -0.926. The summed E-state index contributed by atoms with van der Waals surface area (Å²) < 4.78 is 16.4. The lowest BCUT2D eigenvalue weighted by atomic mass is 9.69. The summed E-state index contributed by atoms with van der Waals surface area (Å²) >= 11 is 6.11. The number of fused-ring (bicyclic) bond motifs is 4. The van der Waals surface area contributed by atoms with Crippen LogP contribution in [0.15, 0.2) is 36.4 Å². The van der Waals surface area contributed by atoms with Gasteiger partial charge in [-0.25, -0.2) is 24.1 Å². The second-order valence-electron chi connectivity index (χ2n) is 8.18. The molecule has 7 nitrogen and oxygen atoms in total. The third-order valence-electron chi connectivity index (χ3n) is 6.52. The van der Waals surface area contributed by atoms with Crippen molar-refractivity contribution in [3.63, 3.8) is 0 Å². The second-order valence-corrected chi connectivity index (χ2v) is 8.62. The van der Waals surface area contributed by atoms with Crippen LogP contribution in [0.5, 0.6) is 0 Å². The molecule has 0 radical (unpaired) electrons. The van der Waals surface area contributed by atoms with E-state index in [0.29, 0.717) is 39.0 Å². The Balaban J connectivity index is 1.59. The molecule has 4 heterocycles. The number of halogens is 2. The van der Waals surface area contributed by atoms with Gasteiger partial charge in [-0.2, -0.15) is 0 Å². The number of aliphatic carboxylic acids is 1. The molecule has 0 aliphatic heterocycles. The van der Waals surface area contributed by atoms with Gasteiger partial charge in [0.05, 0.1) is 16.0 Å². The fourth-order valence-corrected chi connectivity index (χ4v) is 5.30. The van der Waals surface area contributed by atoms with Crippen molar-refractivity contribution in [1.29, 1.82) is 0 Å². The number of nitrogens with zero attached hydrogens (tertiary/aromatic N) is 4. The van der Waals surface area contributed by atoms with Gasteiger partial charge in [-0.05, 0) is 37.7 Å². The van der Waals surface area contributed by atoms with Gasteiger partial charge in [-0.1, -0.05) is 11.6 Å². The Bertz CT molecular complexity index is 1410. The van der Waals surface area contributed by atoms with Crippen molar-refractivity contribution in [3.8, 4) is 11.4 Å². The van der Waals surface area contributed by atoms with Crippen molar-refractivity contribution < 1.29 is 14.3 Å². The Morgan fingerprint density at radius 1 is 1.16 bits per heavy atom. The zero-order valence-corrected chi connectivity index (χ0v) is 17.0. The molecule has 1 fully saturated rings. The molecule has 4 aromatic rings. The summed E-state index contributed by atoms with van der Waals surface area (Å²) in [5.41, 5.74) is 2.76. The minimum absolute atomic E-state index is 0.00107. The molecule has 0 spiro atoms. The lowest BCUT2D eigenvalue weighted by Crippen LogP contribution is -2.31. The topological polar surface area (TPSA) is 96.7 Å². The number of hydrogen-bond donors (Lipinski definition) is 2. The third kappa shape index (κ3) is 2.71. The van der Waals surface area contributed by atoms with Gasteiger partial charge in [0.1, 0.15) is 5.65 Å². The van der Waals surface area contributed by atoms with Gasteiger partial charge in [-0.15, -0.1) is 0 Å². The number of nitrogens with one attached hydrogen (secondary N) is 1. The van der Waals surface area contributed by atoms with Crippen LogP contribution >= 0.6 is 11.6 Å². The number of allylic oxidation sites excluding steroid dienone is 1. The van der Waals surface area contributed by atoms with Crippen molar-refractivity contribution in [1.82, 2.24) is 24.5 Å². The van der Waals surface area contributed by atoms with E-state index in [0.717, 1.165) is 31.1 Å². The summed E-state index contributed by atoms with van der Waals surface area (Å²) in [5, 5.41) is 11.4. The van der Waals surface area contributed by atoms with Crippen molar-refractivity contribution in [2.75, 3.05) is 0 Å². The Labute approximate surface area is 180 Å². The van der Waals surface area contributed by atoms with E-state index in [1.54, 1.807) is 23.0 Å². The average molecular weight is 438 g/mol. The third-order valence-corrected chi connectivity index (χ3v) is 6.73. The lowest BCUT2D eigenvalue weighted by molar-refractivity contribution is -0.133. The molecular weight excluding hydrogens is 421 g/mol. The number of pyridine rings is 1. The highest BCUT2D eigenvalue weighted by Gasteiger charge is 2.40. The van der Waals surface area contributed by atoms with E-state index in [1.807, 2.05) is 0 Å². The molecule has 2 N–H and O–H groups in total. The monoisotopic (exact) mass is 437 g/mol. The van der Waals surface area contributed by atoms with Gasteiger partial charge < -0.3 is 14.7 Å². The number of aromatic amines is 1. The van der Waals surface area contributed by atoms with Gasteiger partial charge in [0, 0.05) is 47.4 Å². The Morgan fingerprint density at radius 2 is 1.94 bits per heavy atom. The van der Waals surface area contributed by atoms with Crippen LogP contribution < -0.4 is 0 Å². The normalized spacial score (nSPS) is 20.8. The molecule has 4 aromatic heterocycles. The minimum atomic E-state index is -0.932. The molecule has 9 heteroatoms. The zero-order chi connectivity index (χ0) is 21.3.